The lowest BCUT2D eigenvalue weighted by molar-refractivity contribution is -0.598. The van der Waals surface area contributed by atoms with Gasteiger partial charge < -0.3 is 17.0 Å². The lowest BCUT2D eigenvalue weighted by atomic mass is 10.5. The lowest BCUT2D eigenvalue weighted by Gasteiger charge is -1.88. The fourth-order valence-electron chi connectivity index (χ4n) is 0.939. The number of nitrogens with one attached hydrogen (secondary N) is 1. The minimum Gasteiger partial charge on any atom is -1.00 e. The number of aromatic amines is 1. The van der Waals surface area contributed by atoms with Crippen molar-refractivity contribution in [3.63, 3.8) is 0 Å². The predicted molar refractivity (Wildman–Crippen MR) is 50.4 cm³/mol. The first-order valence-electron chi connectivity index (χ1n) is 3.42. The number of halogens is 2. The van der Waals surface area contributed by atoms with Crippen LogP contribution < -0.4 is 21.5 Å². The SMILES string of the molecule is Br.[Br-].c1ccc(-[n+]2cc[nH]c2)nc1. The van der Waals surface area contributed by atoms with Crippen molar-refractivity contribution in [1.29, 1.82) is 0 Å². The summed E-state index contributed by atoms with van der Waals surface area (Å²) in [6.07, 6.45) is 7.40. The number of pyridine rings is 1. The zero-order valence-corrected chi connectivity index (χ0v) is 10.0. The van der Waals surface area contributed by atoms with Crippen molar-refractivity contribution in [2.24, 2.45) is 0 Å². The Balaban J connectivity index is 0.000000720. The molecule has 2 rings (SSSR count). The summed E-state index contributed by atoms with van der Waals surface area (Å²) in [6.45, 7) is 0. The van der Waals surface area contributed by atoms with Crippen LogP contribution in [0.5, 0.6) is 0 Å². The molecule has 0 unspecified atom stereocenters. The van der Waals surface area contributed by atoms with Crippen LogP contribution in [0.2, 0.25) is 0 Å². The average molecular weight is 307 g/mol. The molecule has 0 bridgehead atoms. The fraction of sp³-hybridized carbons (Fsp3) is 0. The smallest absolute Gasteiger partial charge is 0.266 e. The Kier molecular flexibility index (Phi) is 5.57. The van der Waals surface area contributed by atoms with E-state index in [4.69, 9.17) is 0 Å². The summed E-state index contributed by atoms with van der Waals surface area (Å²) in [4.78, 5) is 7.12. The number of H-pyrrole nitrogens is 1. The van der Waals surface area contributed by atoms with Crippen molar-refractivity contribution in [2.75, 3.05) is 0 Å². The Morgan fingerprint density at radius 2 is 2.15 bits per heavy atom. The van der Waals surface area contributed by atoms with Crippen LogP contribution >= 0.6 is 17.0 Å². The molecule has 2 aromatic heterocycles. The van der Waals surface area contributed by atoms with Crippen LogP contribution in [-0.2, 0) is 0 Å². The van der Waals surface area contributed by atoms with E-state index in [1.807, 2.05) is 41.5 Å². The first kappa shape index (κ1) is 12.3. The van der Waals surface area contributed by atoms with Gasteiger partial charge in [0.15, 0.2) is 6.33 Å². The van der Waals surface area contributed by atoms with Crippen molar-refractivity contribution in [3.05, 3.63) is 43.1 Å². The van der Waals surface area contributed by atoms with Crippen LogP contribution in [0.4, 0.5) is 0 Å². The highest BCUT2D eigenvalue weighted by Gasteiger charge is 2.00. The van der Waals surface area contributed by atoms with Crippen molar-refractivity contribution in [2.45, 2.75) is 0 Å². The lowest BCUT2D eigenvalue weighted by Crippen LogP contribution is -3.00. The third-order valence-corrected chi connectivity index (χ3v) is 1.46. The molecule has 0 radical (unpaired) electrons. The molecule has 0 amide bonds. The van der Waals surface area contributed by atoms with E-state index in [1.165, 1.54) is 0 Å². The molecule has 0 aromatic carbocycles. The van der Waals surface area contributed by atoms with E-state index in [9.17, 15) is 0 Å². The largest absolute Gasteiger partial charge is 1.00 e. The van der Waals surface area contributed by atoms with Crippen molar-refractivity contribution >= 4 is 17.0 Å². The minimum absolute atomic E-state index is 0. The van der Waals surface area contributed by atoms with Crippen LogP contribution in [0.1, 0.15) is 0 Å². The van der Waals surface area contributed by atoms with Gasteiger partial charge in [0.25, 0.3) is 5.82 Å². The molecule has 5 heteroatoms. The third kappa shape index (κ3) is 2.93. The molecular formula is C8H9Br2N3. The van der Waals surface area contributed by atoms with Gasteiger partial charge in [-0.25, -0.2) is 4.57 Å². The summed E-state index contributed by atoms with van der Waals surface area (Å²) in [7, 11) is 0. The molecule has 0 aliphatic rings. The highest BCUT2D eigenvalue weighted by Crippen LogP contribution is 1.90. The zero-order chi connectivity index (χ0) is 7.52. The van der Waals surface area contributed by atoms with Gasteiger partial charge in [-0.2, -0.15) is 0 Å². The van der Waals surface area contributed by atoms with Crippen LogP contribution in [0.3, 0.4) is 0 Å². The molecule has 0 fully saturated rings. The quantitative estimate of drug-likeness (QED) is 0.624. The van der Waals surface area contributed by atoms with Crippen molar-refractivity contribution in [1.82, 2.24) is 9.97 Å². The summed E-state index contributed by atoms with van der Waals surface area (Å²) >= 11 is 0. The Hall–Kier alpha value is -0.680. The second-order valence-corrected chi connectivity index (χ2v) is 2.21. The third-order valence-electron chi connectivity index (χ3n) is 1.46. The maximum Gasteiger partial charge on any atom is 0.266 e. The molecule has 3 nitrogen and oxygen atoms in total. The molecule has 2 heterocycles. The molecule has 0 spiro atoms. The second kappa shape index (κ2) is 5.88. The summed E-state index contributed by atoms with van der Waals surface area (Å²) in [5.41, 5.74) is 0. The van der Waals surface area contributed by atoms with E-state index in [-0.39, 0.29) is 34.0 Å². The van der Waals surface area contributed by atoms with Crippen molar-refractivity contribution in [3.8, 4) is 5.82 Å². The summed E-state index contributed by atoms with van der Waals surface area (Å²) in [5.74, 6) is 0.925. The molecule has 0 atom stereocenters. The molecule has 2 aromatic rings. The Morgan fingerprint density at radius 1 is 1.31 bits per heavy atom. The highest BCUT2D eigenvalue weighted by atomic mass is 79.9. The topological polar surface area (TPSA) is 32.6 Å². The zero-order valence-electron chi connectivity index (χ0n) is 6.72. The molecule has 0 aliphatic heterocycles. The molecule has 0 aliphatic carbocycles. The van der Waals surface area contributed by atoms with Gasteiger partial charge in [0.05, 0.1) is 6.20 Å². The molecule has 0 saturated carbocycles. The van der Waals surface area contributed by atoms with Gasteiger partial charge in [-0.15, -0.1) is 22.0 Å². The van der Waals surface area contributed by atoms with Gasteiger partial charge in [-0.3, -0.25) is 4.98 Å². The summed E-state index contributed by atoms with van der Waals surface area (Å²) in [6, 6.07) is 5.81. The number of aromatic nitrogens is 3. The number of hydrogen-bond acceptors (Lipinski definition) is 1. The van der Waals surface area contributed by atoms with E-state index >= 15 is 0 Å². The van der Waals surface area contributed by atoms with Crippen molar-refractivity contribution < 1.29 is 21.5 Å². The summed E-state index contributed by atoms with van der Waals surface area (Å²) in [5, 5.41) is 0. The number of imidazole rings is 1. The van der Waals surface area contributed by atoms with Gasteiger partial charge >= 0.3 is 0 Å². The second-order valence-electron chi connectivity index (χ2n) is 2.21. The maximum atomic E-state index is 4.16. The Morgan fingerprint density at radius 3 is 2.69 bits per heavy atom. The molecule has 70 valence electrons. The maximum absolute atomic E-state index is 4.16. The summed E-state index contributed by atoms with van der Waals surface area (Å²) < 4.78 is 1.92. The monoisotopic (exact) mass is 305 g/mol. The normalized spacial score (nSPS) is 8.31. The van der Waals surface area contributed by atoms with Gasteiger partial charge in [0, 0.05) is 6.07 Å². The molecule has 13 heavy (non-hydrogen) atoms. The highest BCUT2D eigenvalue weighted by molar-refractivity contribution is 8.93. The van der Waals surface area contributed by atoms with E-state index in [1.54, 1.807) is 6.20 Å². The molecule has 1 N–H and O–H groups in total. The van der Waals surface area contributed by atoms with Crippen LogP contribution in [0, 0.1) is 0 Å². The molecular weight excluding hydrogens is 298 g/mol. The van der Waals surface area contributed by atoms with Gasteiger partial charge in [-0.05, 0) is 6.07 Å². The Bertz CT molecular complexity index is 320. The number of hydrogen-bond donors (Lipinski definition) is 1. The van der Waals surface area contributed by atoms with Crippen LogP contribution in [0.25, 0.3) is 5.82 Å². The Labute approximate surface area is 97.4 Å². The average Bonchev–Trinajstić information content (AvgIpc) is 2.58. The van der Waals surface area contributed by atoms with Gasteiger partial charge in [-0.1, -0.05) is 6.07 Å². The number of nitrogens with zero attached hydrogens (tertiary/aromatic N) is 2. The van der Waals surface area contributed by atoms with E-state index in [2.05, 4.69) is 9.97 Å². The van der Waals surface area contributed by atoms with Gasteiger partial charge in [0.1, 0.15) is 12.4 Å². The fourth-order valence-corrected chi connectivity index (χ4v) is 0.939. The van der Waals surface area contributed by atoms with E-state index in [0.717, 1.165) is 5.82 Å². The van der Waals surface area contributed by atoms with Gasteiger partial charge in [0.2, 0.25) is 0 Å². The van der Waals surface area contributed by atoms with E-state index in [0.29, 0.717) is 0 Å². The minimum atomic E-state index is 0. The number of rotatable bonds is 1. The first-order chi connectivity index (χ1) is 5.47. The van der Waals surface area contributed by atoms with Crippen LogP contribution in [-0.4, -0.2) is 9.97 Å². The van der Waals surface area contributed by atoms with E-state index < -0.39 is 0 Å². The first-order valence-corrected chi connectivity index (χ1v) is 3.42. The standard InChI is InChI=1S/C8H7N3.2BrH/c1-2-4-10-8(3-1)11-6-5-9-7-11;;/h1-7H;2*1H. The molecule has 0 saturated heterocycles. The van der Waals surface area contributed by atoms with Crippen LogP contribution in [0.15, 0.2) is 43.1 Å². The predicted octanol–water partition coefficient (Wildman–Crippen LogP) is -1.73.